The van der Waals surface area contributed by atoms with Gasteiger partial charge >= 0.3 is 0 Å². The molecule has 1 heterocycles. The summed E-state index contributed by atoms with van der Waals surface area (Å²) in [5, 5.41) is 3.54. The second-order valence-electron chi connectivity index (χ2n) is 4.54. The lowest BCUT2D eigenvalue weighted by Gasteiger charge is -2.16. The monoisotopic (exact) mass is 284 g/mol. The fraction of sp³-hybridized carbons (Fsp3) is 0.125. The molecule has 1 aliphatic rings. The minimum atomic E-state index is -0.0537. The van der Waals surface area contributed by atoms with Crippen molar-refractivity contribution in [1.82, 2.24) is 5.32 Å². The number of fused-ring (bicyclic) bond motifs is 1. The van der Waals surface area contributed by atoms with Crippen LogP contribution in [0.15, 0.2) is 53.5 Å². The molecule has 0 saturated carbocycles. The van der Waals surface area contributed by atoms with Crippen LogP contribution in [-0.4, -0.2) is 24.7 Å². The van der Waals surface area contributed by atoms with Gasteiger partial charge in [-0.25, -0.2) is 0 Å². The van der Waals surface area contributed by atoms with Crippen molar-refractivity contribution in [3.05, 3.63) is 70.2 Å². The van der Waals surface area contributed by atoms with Crippen LogP contribution in [0.25, 0.3) is 0 Å². The van der Waals surface area contributed by atoms with Gasteiger partial charge in [-0.1, -0.05) is 41.9 Å². The number of carbonyl (C=O) groups excluding carboxylic acids is 1. The first-order valence-corrected chi connectivity index (χ1v) is 6.81. The number of carbonyl (C=O) groups is 1. The number of hydrogen-bond acceptors (Lipinski definition) is 2. The Bertz CT molecular complexity index is 677. The first kappa shape index (κ1) is 12.9. The normalized spacial score (nSPS) is 14.7. The summed E-state index contributed by atoms with van der Waals surface area (Å²) in [6, 6.07) is 15.0. The third-order valence-corrected chi connectivity index (χ3v) is 3.46. The van der Waals surface area contributed by atoms with Gasteiger partial charge in [-0.05, 0) is 18.2 Å². The van der Waals surface area contributed by atoms with E-state index in [-0.39, 0.29) is 5.91 Å². The molecule has 1 aliphatic heterocycles. The molecule has 0 radical (unpaired) electrons. The molecule has 0 unspecified atom stereocenters. The van der Waals surface area contributed by atoms with E-state index in [0.717, 1.165) is 16.8 Å². The molecule has 0 aliphatic carbocycles. The fourth-order valence-corrected chi connectivity index (χ4v) is 2.39. The quantitative estimate of drug-likeness (QED) is 0.859. The van der Waals surface area contributed by atoms with Crippen molar-refractivity contribution in [2.45, 2.75) is 0 Å². The molecule has 4 heteroatoms. The average Bonchev–Trinajstić information content (AvgIpc) is 2.47. The van der Waals surface area contributed by atoms with Crippen LogP contribution in [0.5, 0.6) is 0 Å². The highest BCUT2D eigenvalue weighted by Gasteiger charge is 2.17. The number of aliphatic imine (C=N–C) groups is 1. The van der Waals surface area contributed by atoms with Gasteiger partial charge < -0.3 is 5.32 Å². The average molecular weight is 285 g/mol. The highest BCUT2D eigenvalue weighted by atomic mass is 35.5. The molecule has 20 heavy (non-hydrogen) atoms. The third kappa shape index (κ3) is 2.45. The minimum absolute atomic E-state index is 0.0537. The number of benzene rings is 2. The maximum absolute atomic E-state index is 12.1. The van der Waals surface area contributed by atoms with Crippen molar-refractivity contribution >= 4 is 23.2 Å². The summed E-state index contributed by atoms with van der Waals surface area (Å²) < 4.78 is 0. The molecule has 2 aromatic carbocycles. The van der Waals surface area contributed by atoms with Gasteiger partial charge in [0.2, 0.25) is 0 Å². The van der Waals surface area contributed by atoms with Crippen LogP contribution in [-0.2, 0) is 0 Å². The third-order valence-electron chi connectivity index (χ3n) is 3.21. The minimum Gasteiger partial charge on any atom is -0.350 e. The number of halogens is 1. The topological polar surface area (TPSA) is 41.5 Å². The summed E-state index contributed by atoms with van der Waals surface area (Å²) in [5.41, 5.74) is 3.32. The van der Waals surface area contributed by atoms with E-state index in [1.165, 1.54) is 0 Å². The van der Waals surface area contributed by atoms with Crippen molar-refractivity contribution in [3.8, 4) is 0 Å². The van der Waals surface area contributed by atoms with Gasteiger partial charge in [-0.15, -0.1) is 0 Å². The van der Waals surface area contributed by atoms with Crippen molar-refractivity contribution in [1.29, 1.82) is 0 Å². The molecule has 0 spiro atoms. The zero-order valence-electron chi connectivity index (χ0n) is 10.8. The van der Waals surface area contributed by atoms with Crippen LogP contribution in [0, 0.1) is 0 Å². The number of hydrogen-bond donors (Lipinski definition) is 1. The van der Waals surface area contributed by atoms with Gasteiger partial charge in [0.25, 0.3) is 5.91 Å². The molecule has 0 saturated heterocycles. The standard InChI is InChI=1S/C16H13ClN2O/c17-12-7-5-11(6-8-12)15-13-3-1-2-4-14(13)16(20)19-10-9-18-15/h1-8H,9-10H2,(H,19,20). The molecule has 0 aromatic heterocycles. The van der Waals surface area contributed by atoms with Crippen molar-refractivity contribution in [2.24, 2.45) is 4.99 Å². The number of nitrogens with zero attached hydrogens (tertiary/aromatic N) is 1. The Labute approximate surface area is 122 Å². The molecule has 0 bridgehead atoms. The predicted octanol–water partition coefficient (Wildman–Crippen LogP) is 2.92. The summed E-state index contributed by atoms with van der Waals surface area (Å²) in [5.74, 6) is -0.0537. The van der Waals surface area contributed by atoms with E-state index in [0.29, 0.717) is 23.7 Å². The van der Waals surface area contributed by atoms with Crippen LogP contribution in [0.3, 0.4) is 0 Å². The Balaban J connectivity index is 2.15. The summed E-state index contributed by atoms with van der Waals surface area (Å²) in [4.78, 5) is 16.7. The molecule has 0 atom stereocenters. The van der Waals surface area contributed by atoms with E-state index >= 15 is 0 Å². The van der Waals surface area contributed by atoms with Crippen LogP contribution in [0.1, 0.15) is 21.5 Å². The van der Waals surface area contributed by atoms with E-state index in [9.17, 15) is 4.79 Å². The maximum Gasteiger partial charge on any atom is 0.252 e. The van der Waals surface area contributed by atoms with E-state index in [4.69, 9.17) is 11.6 Å². The van der Waals surface area contributed by atoms with Gasteiger partial charge in [0.15, 0.2) is 0 Å². The van der Waals surface area contributed by atoms with Gasteiger partial charge in [-0.3, -0.25) is 9.79 Å². The van der Waals surface area contributed by atoms with Crippen molar-refractivity contribution in [2.75, 3.05) is 13.1 Å². The smallest absolute Gasteiger partial charge is 0.252 e. The van der Waals surface area contributed by atoms with Crippen LogP contribution >= 0.6 is 11.6 Å². The lowest BCUT2D eigenvalue weighted by Crippen LogP contribution is -2.30. The molecular formula is C16H13ClN2O. The molecular weight excluding hydrogens is 272 g/mol. The molecule has 1 amide bonds. The van der Waals surface area contributed by atoms with Gasteiger partial charge in [0, 0.05) is 28.3 Å². The number of amides is 1. The predicted molar refractivity (Wildman–Crippen MR) is 80.7 cm³/mol. The second kappa shape index (κ2) is 5.47. The van der Waals surface area contributed by atoms with Gasteiger partial charge in [0.1, 0.15) is 0 Å². The lowest BCUT2D eigenvalue weighted by molar-refractivity contribution is 0.0954. The maximum atomic E-state index is 12.1. The summed E-state index contributed by atoms with van der Waals surface area (Å²) in [6.07, 6.45) is 0. The Hall–Kier alpha value is -2.13. The lowest BCUT2D eigenvalue weighted by atomic mass is 9.96. The van der Waals surface area contributed by atoms with Crippen molar-refractivity contribution in [3.63, 3.8) is 0 Å². The highest BCUT2D eigenvalue weighted by Crippen LogP contribution is 2.19. The molecule has 100 valence electrons. The fourth-order valence-electron chi connectivity index (χ4n) is 2.26. The molecule has 3 rings (SSSR count). The number of rotatable bonds is 1. The van der Waals surface area contributed by atoms with Crippen LogP contribution in [0.2, 0.25) is 5.02 Å². The zero-order valence-corrected chi connectivity index (χ0v) is 11.5. The highest BCUT2D eigenvalue weighted by molar-refractivity contribution is 6.30. The first-order valence-electron chi connectivity index (χ1n) is 6.44. The van der Waals surface area contributed by atoms with Crippen LogP contribution in [0.4, 0.5) is 0 Å². The van der Waals surface area contributed by atoms with Crippen LogP contribution < -0.4 is 5.32 Å². The molecule has 0 fully saturated rings. The van der Waals surface area contributed by atoms with Crippen molar-refractivity contribution < 1.29 is 4.79 Å². The van der Waals surface area contributed by atoms with E-state index < -0.39 is 0 Å². The van der Waals surface area contributed by atoms with E-state index in [2.05, 4.69) is 10.3 Å². The summed E-state index contributed by atoms with van der Waals surface area (Å²) in [7, 11) is 0. The largest absolute Gasteiger partial charge is 0.350 e. The summed E-state index contributed by atoms with van der Waals surface area (Å²) >= 11 is 5.93. The van der Waals surface area contributed by atoms with Gasteiger partial charge in [0.05, 0.1) is 12.3 Å². The Morgan fingerprint density at radius 1 is 1.00 bits per heavy atom. The second-order valence-corrected chi connectivity index (χ2v) is 4.98. The Kier molecular flexibility index (Phi) is 3.52. The van der Waals surface area contributed by atoms with E-state index in [1.807, 2.05) is 48.5 Å². The molecule has 3 nitrogen and oxygen atoms in total. The van der Waals surface area contributed by atoms with E-state index in [1.54, 1.807) is 0 Å². The Morgan fingerprint density at radius 3 is 2.45 bits per heavy atom. The first-order chi connectivity index (χ1) is 9.75. The Morgan fingerprint density at radius 2 is 1.70 bits per heavy atom. The SMILES string of the molecule is O=C1NCCN=C(c2ccc(Cl)cc2)c2ccccc21. The zero-order chi connectivity index (χ0) is 13.9. The van der Waals surface area contributed by atoms with Gasteiger partial charge in [-0.2, -0.15) is 0 Å². The molecule has 2 aromatic rings. The number of nitrogens with one attached hydrogen (secondary N) is 1. The molecule has 1 N–H and O–H groups in total. The summed E-state index contributed by atoms with van der Waals surface area (Å²) in [6.45, 7) is 1.11.